The van der Waals surface area contributed by atoms with Crippen LogP contribution in [-0.2, 0) is 4.74 Å². The summed E-state index contributed by atoms with van der Waals surface area (Å²) in [6.07, 6.45) is 4.62. The summed E-state index contributed by atoms with van der Waals surface area (Å²) in [4.78, 5) is 3.10. The highest BCUT2D eigenvalue weighted by atomic mass is 16.5. The highest BCUT2D eigenvalue weighted by Gasteiger charge is 2.63. The van der Waals surface area contributed by atoms with Crippen molar-refractivity contribution in [3.05, 3.63) is 46.3 Å². The van der Waals surface area contributed by atoms with E-state index in [2.05, 4.69) is 10.0 Å². The minimum atomic E-state index is -0.783. The lowest BCUT2D eigenvalue weighted by atomic mass is 9.46. The molecule has 122 valence electrons. The zero-order valence-electron chi connectivity index (χ0n) is 13.4. The number of ether oxygens (including phenoxy) is 1. The second kappa shape index (κ2) is 5.23. The Labute approximate surface area is 136 Å². The second-order valence-electron chi connectivity index (χ2n) is 7.73. The Hall–Kier alpha value is -1.55. The zero-order valence-corrected chi connectivity index (χ0v) is 13.4. The van der Waals surface area contributed by atoms with E-state index >= 15 is 0 Å². The molecule has 0 aliphatic heterocycles. The van der Waals surface area contributed by atoms with Crippen molar-refractivity contribution in [2.24, 2.45) is 22.9 Å². The maximum atomic E-state index is 11.5. The first-order valence-corrected chi connectivity index (χ1v) is 8.46. The maximum absolute atomic E-state index is 11.5. The molecule has 23 heavy (non-hydrogen) atoms. The molecule has 0 amide bonds. The third kappa shape index (κ3) is 2.26. The third-order valence-electron chi connectivity index (χ3n) is 6.42. The van der Waals surface area contributed by atoms with Crippen LogP contribution in [0.25, 0.3) is 10.4 Å². The Morgan fingerprint density at radius 1 is 1.30 bits per heavy atom. The maximum Gasteiger partial charge on any atom is 0.0715 e. The average Bonchev–Trinajstić information content (AvgIpc) is 2.53. The number of hydrogen-bond acceptors (Lipinski definition) is 3. The van der Waals surface area contributed by atoms with Crippen molar-refractivity contribution in [1.29, 1.82) is 0 Å². The van der Waals surface area contributed by atoms with Gasteiger partial charge in [0.15, 0.2) is 0 Å². The fraction of sp³-hybridized carbons (Fsp3) is 0.667. The van der Waals surface area contributed by atoms with Gasteiger partial charge in [-0.25, -0.2) is 0 Å². The van der Waals surface area contributed by atoms with Crippen molar-refractivity contribution in [3.8, 4) is 0 Å². The van der Waals surface area contributed by atoms with Gasteiger partial charge < -0.3 is 9.84 Å². The quantitative estimate of drug-likeness (QED) is 0.518. The summed E-state index contributed by atoms with van der Waals surface area (Å²) in [5, 5.41) is 15.6. The Balaban J connectivity index is 1.75. The van der Waals surface area contributed by atoms with Crippen LogP contribution in [0.1, 0.15) is 43.7 Å². The van der Waals surface area contributed by atoms with Gasteiger partial charge in [-0.05, 0) is 48.6 Å². The van der Waals surface area contributed by atoms with Gasteiger partial charge in [-0.15, -0.1) is 0 Å². The van der Waals surface area contributed by atoms with Crippen LogP contribution in [-0.4, -0.2) is 23.4 Å². The molecule has 0 unspecified atom stereocenters. The van der Waals surface area contributed by atoms with Gasteiger partial charge in [0.2, 0.25) is 0 Å². The molecule has 4 saturated carbocycles. The van der Waals surface area contributed by atoms with E-state index in [1.165, 1.54) is 0 Å². The number of aliphatic hydroxyl groups is 1. The Morgan fingerprint density at radius 2 is 2.09 bits per heavy atom. The van der Waals surface area contributed by atoms with Gasteiger partial charge in [0.25, 0.3) is 0 Å². The molecule has 0 heterocycles. The molecule has 4 aliphatic rings. The Kier molecular flexibility index (Phi) is 3.41. The van der Waals surface area contributed by atoms with E-state index in [4.69, 9.17) is 10.3 Å². The number of rotatable bonds is 4. The van der Waals surface area contributed by atoms with E-state index in [1.54, 1.807) is 7.11 Å². The van der Waals surface area contributed by atoms with Crippen molar-refractivity contribution < 1.29 is 9.84 Å². The van der Waals surface area contributed by atoms with Crippen molar-refractivity contribution in [3.63, 3.8) is 0 Å². The van der Waals surface area contributed by atoms with Crippen LogP contribution in [0, 0.1) is 17.8 Å². The summed E-state index contributed by atoms with van der Waals surface area (Å²) in [5.74, 6) is 0.878. The topological polar surface area (TPSA) is 78.2 Å². The van der Waals surface area contributed by atoms with Gasteiger partial charge in [0.05, 0.1) is 17.2 Å². The monoisotopic (exact) mass is 313 g/mol. The van der Waals surface area contributed by atoms with Gasteiger partial charge >= 0.3 is 0 Å². The summed E-state index contributed by atoms with van der Waals surface area (Å²) < 4.78 is 5.85. The number of azide groups is 1. The minimum absolute atomic E-state index is 0.0133. The lowest BCUT2D eigenvalue weighted by Gasteiger charge is -2.64. The summed E-state index contributed by atoms with van der Waals surface area (Å²) >= 11 is 0. The standard InChI is InChI=1S/C18H23N3O2/c1-23-17-8-12-7-14(10-17)15(18(22,9-12)11-17)16(20-21-19)13-5-3-2-4-6-13/h2-6,12,14-16,22H,7-11H2,1H3/t12-,14+,15-,16+,17+,18+/m1/s1. The summed E-state index contributed by atoms with van der Waals surface area (Å²) in [5.41, 5.74) is 9.13. The number of benzene rings is 1. The normalized spacial score (nSPS) is 42.3. The molecule has 4 bridgehead atoms. The van der Waals surface area contributed by atoms with Crippen LogP contribution in [0.3, 0.4) is 0 Å². The SMILES string of the molecule is CO[C@@]12C[C@H]3C[C@@H](C1)[C@H]([C@@H](N=[N+]=[N-])c1ccccc1)[C@](O)(C3)C2. The summed E-state index contributed by atoms with van der Waals surface area (Å²) in [6, 6.07) is 9.59. The molecule has 5 nitrogen and oxygen atoms in total. The van der Waals surface area contributed by atoms with Gasteiger partial charge in [-0.1, -0.05) is 35.4 Å². The molecule has 0 radical (unpaired) electrons. The molecule has 6 atom stereocenters. The largest absolute Gasteiger partial charge is 0.389 e. The fourth-order valence-electron chi connectivity index (χ4n) is 5.92. The van der Waals surface area contributed by atoms with Crippen molar-refractivity contribution in [2.45, 2.75) is 49.3 Å². The highest BCUT2D eigenvalue weighted by Crippen LogP contribution is 2.64. The Bertz CT molecular complexity index is 645. The van der Waals surface area contributed by atoms with E-state index in [-0.39, 0.29) is 17.6 Å². The minimum Gasteiger partial charge on any atom is -0.389 e. The molecule has 1 N–H and O–H groups in total. The van der Waals surface area contributed by atoms with Gasteiger partial charge in [0.1, 0.15) is 0 Å². The smallest absolute Gasteiger partial charge is 0.0715 e. The lowest BCUT2D eigenvalue weighted by molar-refractivity contribution is -0.244. The molecule has 4 fully saturated rings. The third-order valence-corrected chi connectivity index (χ3v) is 6.42. The molecule has 5 heteroatoms. The molecule has 0 saturated heterocycles. The number of nitrogens with zero attached hydrogens (tertiary/aromatic N) is 3. The number of methoxy groups -OCH3 is 1. The lowest BCUT2D eigenvalue weighted by Crippen LogP contribution is -2.65. The molecule has 0 spiro atoms. The van der Waals surface area contributed by atoms with Crippen LogP contribution in [0.2, 0.25) is 0 Å². The van der Waals surface area contributed by atoms with E-state index in [0.717, 1.165) is 31.2 Å². The van der Waals surface area contributed by atoms with Crippen molar-refractivity contribution >= 4 is 0 Å². The van der Waals surface area contributed by atoms with Crippen molar-refractivity contribution in [2.75, 3.05) is 7.11 Å². The van der Waals surface area contributed by atoms with Gasteiger partial charge in [0, 0.05) is 24.4 Å². The first-order valence-electron chi connectivity index (χ1n) is 8.46. The van der Waals surface area contributed by atoms with E-state index < -0.39 is 5.60 Å². The first kappa shape index (κ1) is 15.0. The Morgan fingerprint density at radius 3 is 2.74 bits per heavy atom. The highest BCUT2D eigenvalue weighted by molar-refractivity contribution is 5.25. The predicted molar refractivity (Wildman–Crippen MR) is 86.6 cm³/mol. The fourth-order valence-corrected chi connectivity index (χ4v) is 5.92. The van der Waals surface area contributed by atoms with E-state index in [0.29, 0.717) is 18.3 Å². The molecule has 4 aliphatic carbocycles. The molecule has 5 rings (SSSR count). The first-order chi connectivity index (χ1) is 11.1. The molecule has 1 aromatic carbocycles. The van der Waals surface area contributed by atoms with Gasteiger partial charge in [-0.2, -0.15) is 0 Å². The molecular weight excluding hydrogens is 290 g/mol. The zero-order chi connectivity index (χ0) is 16.1. The van der Waals surface area contributed by atoms with Crippen LogP contribution in [0.15, 0.2) is 35.4 Å². The summed E-state index contributed by atoms with van der Waals surface area (Å²) in [6.45, 7) is 0. The molecule has 0 aromatic heterocycles. The number of hydrogen-bond donors (Lipinski definition) is 1. The molecule has 1 aromatic rings. The van der Waals surface area contributed by atoms with Crippen LogP contribution < -0.4 is 0 Å². The second-order valence-corrected chi connectivity index (χ2v) is 7.73. The average molecular weight is 313 g/mol. The van der Waals surface area contributed by atoms with E-state index in [1.807, 2.05) is 30.3 Å². The van der Waals surface area contributed by atoms with Crippen LogP contribution in [0.4, 0.5) is 0 Å². The van der Waals surface area contributed by atoms with Crippen LogP contribution >= 0.6 is 0 Å². The van der Waals surface area contributed by atoms with Gasteiger partial charge in [-0.3, -0.25) is 0 Å². The molecular formula is C18H23N3O2. The van der Waals surface area contributed by atoms with E-state index in [9.17, 15) is 5.11 Å². The predicted octanol–water partition coefficient (Wildman–Crippen LogP) is 3.99. The van der Waals surface area contributed by atoms with Crippen LogP contribution in [0.5, 0.6) is 0 Å². The van der Waals surface area contributed by atoms with Crippen molar-refractivity contribution in [1.82, 2.24) is 0 Å². The summed E-state index contributed by atoms with van der Waals surface area (Å²) in [7, 11) is 1.77.